The highest BCUT2D eigenvalue weighted by molar-refractivity contribution is 6.31. The molecule has 0 aliphatic heterocycles. The van der Waals surface area contributed by atoms with E-state index in [0.29, 0.717) is 28.8 Å². The lowest BCUT2D eigenvalue weighted by Crippen LogP contribution is -1.99. The van der Waals surface area contributed by atoms with Crippen molar-refractivity contribution in [1.82, 2.24) is 25.3 Å². The van der Waals surface area contributed by atoms with Gasteiger partial charge in [0.1, 0.15) is 5.75 Å². The smallest absolute Gasteiger partial charge is 0.239 e. The van der Waals surface area contributed by atoms with E-state index < -0.39 is 0 Å². The van der Waals surface area contributed by atoms with E-state index >= 15 is 0 Å². The van der Waals surface area contributed by atoms with Crippen molar-refractivity contribution in [2.45, 2.75) is 6.54 Å². The van der Waals surface area contributed by atoms with Gasteiger partial charge in [0.15, 0.2) is 5.65 Å². The van der Waals surface area contributed by atoms with Crippen LogP contribution in [-0.4, -0.2) is 25.3 Å². The van der Waals surface area contributed by atoms with Crippen LogP contribution in [0.1, 0.15) is 5.56 Å². The minimum absolute atomic E-state index is 0.372. The summed E-state index contributed by atoms with van der Waals surface area (Å²) in [5.41, 5.74) is 6.95. The molecule has 0 unspecified atom stereocenters. The van der Waals surface area contributed by atoms with Crippen LogP contribution in [0.25, 0.3) is 5.65 Å². The number of tetrazole rings is 1. The summed E-state index contributed by atoms with van der Waals surface area (Å²) in [5.74, 6) is 0.943. The molecule has 96 valence electrons. The van der Waals surface area contributed by atoms with E-state index in [9.17, 15) is 0 Å². The number of fused-ring (bicyclic) bond motifs is 1. The Morgan fingerprint density at radius 2 is 2.16 bits per heavy atom. The van der Waals surface area contributed by atoms with Crippen molar-refractivity contribution < 1.29 is 4.74 Å². The number of aromatic nitrogens is 5. The maximum absolute atomic E-state index is 6.06. The molecule has 2 aromatic heterocycles. The van der Waals surface area contributed by atoms with Gasteiger partial charge in [-0.25, -0.2) is 0 Å². The highest BCUT2D eigenvalue weighted by atomic mass is 35.5. The lowest BCUT2D eigenvalue weighted by atomic mass is 10.2. The van der Waals surface area contributed by atoms with Gasteiger partial charge in [-0.05, 0) is 34.2 Å². The van der Waals surface area contributed by atoms with Crippen LogP contribution in [0, 0.1) is 0 Å². The molecule has 0 saturated heterocycles. The van der Waals surface area contributed by atoms with E-state index in [-0.39, 0.29) is 0 Å². The summed E-state index contributed by atoms with van der Waals surface area (Å²) in [6, 6.07) is 8.66. The second kappa shape index (κ2) is 4.79. The van der Waals surface area contributed by atoms with Gasteiger partial charge in [0.05, 0.1) is 0 Å². The van der Waals surface area contributed by atoms with Crippen molar-refractivity contribution in [3.8, 4) is 11.6 Å². The minimum Gasteiger partial charge on any atom is -0.437 e. The van der Waals surface area contributed by atoms with Crippen LogP contribution >= 0.6 is 11.6 Å². The van der Waals surface area contributed by atoms with Crippen molar-refractivity contribution in [3.05, 3.63) is 40.9 Å². The molecule has 19 heavy (non-hydrogen) atoms. The van der Waals surface area contributed by atoms with Gasteiger partial charge in [-0.2, -0.15) is 0 Å². The van der Waals surface area contributed by atoms with Crippen molar-refractivity contribution in [2.24, 2.45) is 5.73 Å². The fraction of sp³-hybridized carbons (Fsp3) is 0.0909. The number of ether oxygens (including phenoxy) is 1. The molecular formula is C11H9ClN6O. The van der Waals surface area contributed by atoms with Gasteiger partial charge in [-0.1, -0.05) is 17.7 Å². The molecule has 0 atom stereocenters. The summed E-state index contributed by atoms with van der Waals surface area (Å²) >= 11 is 6.06. The topological polar surface area (TPSA) is 91.2 Å². The first kappa shape index (κ1) is 11.8. The number of nitrogens with two attached hydrogens (primary N) is 1. The Labute approximate surface area is 112 Å². The Hall–Kier alpha value is -2.25. The molecule has 0 radical (unpaired) electrons. The summed E-state index contributed by atoms with van der Waals surface area (Å²) in [7, 11) is 0. The van der Waals surface area contributed by atoms with E-state index in [4.69, 9.17) is 22.1 Å². The monoisotopic (exact) mass is 276 g/mol. The first-order chi connectivity index (χ1) is 9.26. The zero-order chi connectivity index (χ0) is 13.2. The van der Waals surface area contributed by atoms with Crippen LogP contribution < -0.4 is 10.5 Å². The Bertz CT molecular complexity index is 728. The maximum atomic E-state index is 6.06. The van der Waals surface area contributed by atoms with Crippen molar-refractivity contribution in [2.75, 3.05) is 0 Å². The van der Waals surface area contributed by atoms with Crippen LogP contribution in [0.15, 0.2) is 30.3 Å². The summed E-state index contributed by atoms with van der Waals surface area (Å²) in [5, 5.41) is 15.6. The highest BCUT2D eigenvalue weighted by Crippen LogP contribution is 2.25. The number of benzene rings is 1. The summed E-state index contributed by atoms with van der Waals surface area (Å²) in [4.78, 5) is 0. The Morgan fingerprint density at radius 1 is 1.26 bits per heavy atom. The van der Waals surface area contributed by atoms with E-state index in [1.54, 1.807) is 24.3 Å². The predicted molar refractivity (Wildman–Crippen MR) is 68.0 cm³/mol. The lowest BCUT2D eigenvalue weighted by molar-refractivity contribution is 0.447. The average molecular weight is 277 g/mol. The molecule has 8 heteroatoms. The molecule has 2 N–H and O–H groups in total. The van der Waals surface area contributed by atoms with Gasteiger partial charge in [0.25, 0.3) is 0 Å². The normalized spacial score (nSPS) is 10.8. The Balaban J connectivity index is 1.89. The lowest BCUT2D eigenvalue weighted by Gasteiger charge is -2.06. The van der Waals surface area contributed by atoms with Crippen molar-refractivity contribution >= 4 is 17.2 Å². The molecule has 0 aliphatic carbocycles. The zero-order valence-electron chi connectivity index (χ0n) is 9.69. The fourth-order valence-corrected chi connectivity index (χ4v) is 1.81. The van der Waals surface area contributed by atoms with Crippen LogP contribution in [0.5, 0.6) is 11.6 Å². The molecule has 0 saturated carbocycles. The molecule has 3 aromatic rings. The van der Waals surface area contributed by atoms with Gasteiger partial charge in [-0.3, -0.25) is 0 Å². The first-order valence-electron chi connectivity index (χ1n) is 5.48. The predicted octanol–water partition coefficient (Wildman–Crippen LogP) is 1.42. The van der Waals surface area contributed by atoms with E-state index in [0.717, 1.165) is 5.56 Å². The minimum atomic E-state index is 0.372. The molecule has 7 nitrogen and oxygen atoms in total. The van der Waals surface area contributed by atoms with Crippen LogP contribution in [-0.2, 0) is 6.54 Å². The quantitative estimate of drug-likeness (QED) is 0.778. The van der Waals surface area contributed by atoms with Crippen LogP contribution in [0.2, 0.25) is 5.02 Å². The van der Waals surface area contributed by atoms with Gasteiger partial charge in [0.2, 0.25) is 5.88 Å². The SMILES string of the molecule is NCc1ccc(Oc2ccc3nnnn3n2)cc1Cl. The molecule has 1 aromatic carbocycles. The molecule has 0 spiro atoms. The zero-order valence-corrected chi connectivity index (χ0v) is 10.4. The van der Waals surface area contributed by atoms with Crippen molar-refractivity contribution in [1.29, 1.82) is 0 Å². The molecule has 0 bridgehead atoms. The standard InChI is InChI=1S/C11H9ClN6O/c12-9-5-8(2-1-7(9)6-13)19-11-4-3-10-14-16-17-18(10)15-11/h1-5H,6,13H2. The van der Waals surface area contributed by atoms with Crippen LogP contribution in [0.4, 0.5) is 0 Å². The Morgan fingerprint density at radius 3 is 2.95 bits per heavy atom. The molecule has 0 fully saturated rings. The molecule has 0 amide bonds. The number of rotatable bonds is 3. The summed E-state index contributed by atoms with van der Waals surface area (Å²) < 4.78 is 6.87. The number of hydrogen-bond donors (Lipinski definition) is 1. The molecule has 0 aliphatic rings. The summed E-state index contributed by atoms with van der Waals surface area (Å²) in [6.07, 6.45) is 0. The number of halogens is 1. The second-order valence-electron chi connectivity index (χ2n) is 3.76. The molecule has 2 heterocycles. The van der Waals surface area contributed by atoms with Crippen LogP contribution in [0.3, 0.4) is 0 Å². The molecular weight excluding hydrogens is 268 g/mol. The first-order valence-corrected chi connectivity index (χ1v) is 5.86. The number of nitrogens with zero attached hydrogens (tertiary/aromatic N) is 5. The summed E-state index contributed by atoms with van der Waals surface area (Å²) in [6.45, 7) is 0.383. The second-order valence-corrected chi connectivity index (χ2v) is 4.16. The maximum Gasteiger partial charge on any atom is 0.239 e. The average Bonchev–Trinajstić information content (AvgIpc) is 2.86. The Kier molecular flexibility index (Phi) is 2.98. The highest BCUT2D eigenvalue weighted by Gasteiger charge is 2.05. The molecule has 3 rings (SSSR count). The van der Waals surface area contributed by atoms with E-state index in [1.165, 1.54) is 4.63 Å². The van der Waals surface area contributed by atoms with Gasteiger partial charge in [-0.15, -0.1) is 14.8 Å². The number of hydrogen-bond acceptors (Lipinski definition) is 6. The largest absolute Gasteiger partial charge is 0.437 e. The van der Waals surface area contributed by atoms with Gasteiger partial charge < -0.3 is 10.5 Å². The van der Waals surface area contributed by atoms with Gasteiger partial charge in [0, 0.05) is 17.6 Å². The van der Waals surface area contributed by atoms with Gasteiger partial charge >= 0.3 is 0 Å². The third-order valence-corrected chi connectivity index (χ3v) is 2.86. The third-order valence-electron chi connectivity index (χ3n) is 2.51. The van der Waals surface area contributed by atoms with Crippen molar-refractivity contribution in [3.63, 3.8) is 0 Å². The fourth-order valence-electron chi connectivity index (χ4n) is 1.57. The van der Waals surface area contributed by atoms with E-state index in [1.807, 2.05) is 6.07 Å². The van der Waals surface area contributed by atoms with E-state index in [2.05, 4.69) is 20.6 Å². The third kappa shape index (κ3) is 2.33.